The van der Waals surface area contributed by atoms with Crippen LogP contribution in [0.1, 0.15) is 28.8 Å². The van der Waals surface area contributed by atoms with E-state index in [0.29, 0.717) is 29.8 Å². The largest absolute Gasteiger partial charge is 0.316 e. The highest BCUT2D eigenvalue weighted by Gasteiger charge is 2.27. The summed E-state index contributed by atoms with van der Waals surface area (Å²) in [7, 11) is -3.34. The zero-order chi connectivity index (χ0) is 19.6. The molecule has 1 aliphatic heterocycles. The Balaban J connectivity index is 1.86. The standard InChI is InChI=1S/C18H19N3O5S/c1-13-12-14(8-9-16(13)20-10-4-5-11-27(20,25)26)18(22)19-15-6-2-3-7-17(15)21(23)24/h2-3,6-9,12H,4-5,10-11H2,1H3,(H,19,22). The van der Waals surface area contributed by atoms with Gasteiger partial charge in [-0.25, -0.2) is 8.42 Å². The lowest BCUT2D eigenvalue weighted by atomic mass is 10.1. The zero-order valence-electron chi connectivity index (χ0n) is 14.7. The number of benzene rings is 2. The van der Waals surface area contributed by atoms with E-state index < -0.39 is 20.9 Å². The highest BCUT2D eigenvalue weighted by Crippen LogP contribution is 2.28. The molecule has 0 radical (unpaired) electrons. The van der Waals surface area contributed by atoms with Crippen LogP contribution in [0.4, 0.5) is 17.1 Å². The van der Waals surface area contributed by atoms with Crippen molar-refractivity contribution >= 4 is 33.0 Å². The Morgan fingerprint density at radius 1 is 1.19 bits per heavy atom. The fraction of sp³-hybridized carbons (Fsp3) is 0.278. The van der Waals surface area contributed by atoms with Crippen molar-refractivity contribution in [3.63, 3.8) is 0 Å². The van der Waals surface area contributed by atoms with Gasteiger partial charge >= 0.3 is 0 Å². The van der Waals surface area contributed by atoms with Crippen molar-refractivity contribution in [3.8, 4) is 0 Å². The molecule has 1 amide bonds. The number of nitrogens with zero attached hydrogens (tertiary/aromatic N) is 2. The number of hydrogen-bond acceptors (Lipinski definition) is 5. The van der Waals surface area contributed by atoms with Crippen LogP contribution in [0.25, 0.3) is 0 Å². The molecule has 3 rings (SSSR count). The lowest BCUT2D eigenvalue weighted by Crippen LogP contribution is -2.38. The summed E-state index contributed by atoms with van der Waals surface area (Å²) in [5, 5.41) is 13.6. The van der Waals surface area contributed by atoms with E-state index in [-0.39, 0.29) is 17.1 Å². The van der Waals surface area contributed by atoms with Gasteiger partial charge in [0.25, 0.3) is 11.6 Å². The average molecular weight is 389 g/mol. The summed E-state index contributed by atoms with van der Waals surface area (Å²) in [5.74, 6) is -0.382. The number of aryl methyl sites for hydroxylation is 1. The van der Waals surface area contributed by atoms with Crippen molar-refractivity contribution in [2.24, 2.45) is 0 Å². The summed E-state index contributed by atoms with van der Waals surface area (Å²) in [5.41, 5.74) is 1.41. The first-order valence-corrected chi connectivity index (χ1v) is 10.1. The second-order valence-corrected chi connectivity index (χ2v) is 8.34. The first kappa shape index (κ1) is 18.8. The maximum atomic E-state index is 12.5. The predicted molar refractivity (Wildman–Crippen MR) is 103 cm³/mol. The Labute approximate surface area is 157 Å². The third kappa shape index (κ3) is 3.92. The number of hydrogen-bond donors (Lipinski definition) is 1. The van der Waals surface area contributed by atoms with Gasteiger partial charge in [-0.2, -0.15) is 0 Å². The molecular weight excluding hydrogens is 370 g/mol. The quantitative estimate of drug-likeness (QED) is 0.638. The maximum Gasteiger partial charge on any atom is 0.292 e. The maximum absolute atomic E-state index is 12.5. The van der Waals surface area contributed by atoms with E-state index >= 15 is 0 Å². The topological polar surface area (TPSA) is 110 Å². The van der Waals surface area contributed by atoms with Gasteiger partial charge in [0.1, 0.15) is 5.69 Å². The van der Waals surface area contributed by atoms with E-state index in [1.165, 1.54) is 28.6 Å². The molecule has 8 nitrogen and oxygen atoms in total. The fourth-order valence-corrected chi connectivity index (χ4v) is 4.77. The minimum atomic E-state index is -3.34. The van der Waals surface area contributed by atoms with Gasteiger partial charge in [-0.15, -0.1) is 0 Å². The third-order valence-electron chi connectivity index (χ3n) is 4.43. The molecule has 0 atom stereocenters. The van der Waals surface area contributed by atoms with E-state index in [1.807, 2.05) is 0 Å². The highest BCUT2D eigenvalue weighted by molar-refractivity contribution is 7.92. The average Bonchev–Trinajstić information content (AvgIpc) is 2.62. The van der Waals surface area contributed by atoms with E-state index in [1.54, 1.807) is 25.1 Å². The molecule has 1 heterocycles. The molecule has 0 aromatic heterocycles. The van der Waals surface area contributed by atoms with E-state index in [0.717, 1.165) is 6.42 Å². The van der Waals surface area contributed by atoms with E-state index in [4.69, 9.17) is 0 Å². The van der Waals surface area contributed by atoms with Crippen LogP contribution >= 0.6 is 0 Å². The Morgan fingerprint density at radius 3 is 2.59 bits per heavy atom. The first-order valence-electron chi connectivity index (χ1n) is 8.45. The number of anilines is 2. The molecule has 9 heteroatoms. The minimum Gasteiger partial charge on any atom is -0.316 e. The summed E-state index contributed by atoms with van der Waals surface area (Å²) in [6, 6.07) is 10.6. The molecule has 0 bridgehead atoms. The van der Waals surface area contributed by atoms with Crippen molar-refractivity contribution in [2.45, 2.75) is 19.8 Å². The Hall–Kier alpha value is -2.94. The van der Waals surface area contributed by atoms with Gasteiger partial charge < -0.3 is 5.32 Å². The van der Waals surface area contributed by atoms with Crippen LogP contribution in [0.3, 0.4) is 0 Å². The molecule has 2 aromatic rings. The lowest BCUT2D eigenvalue weighted by molar-refractivity contribution is -0.383. The Kier molecular flexibility index (Phi) is 5.13. The summed E-state index contributed by atoms with van der Waals surface area (Å²) in [6.45, 7) is 2.16. The third-order valence-corrected chi connectivity index (χ3v) is 6.28. The summed E-state index contributed by atoms with van der Waals surface area (Å²) in [6.07, 6.45) is 1.44. The molecule has 0 aliphatic carbocycles. The van der Waals surface area contributed by atoms with Gasteiger partial charge in [0.05, 0.1) is 16.4 Å². The van der Waals surface area contributed by atoms with Crippen molar-refractivity contribution in [2.75, 3.05) is 21.9 Å². The second kappa shape index (κ2) is 7.36. The molecule has 0 saturated carbocycles. The van der Waals surface area contributed by atoms with E-state index in [2.05, 4.69) is 5.32 Å². The summed E-state index contributed by atoms with van der Waals surface area (Å²) < 4.78 is 25.9. The Morgan fingerprint density at radius 2 is 1.93 bits per heavy atom. The van der Waals surface area contributed by atoms with Gasteiger partial charge in [0, 0.05) is 18.2 Å². The van der Waals surface area contributed by atoms with Gasteiger partial charge in [-0.3, -0.25) is 19.2 Å². The molecule has 2 aromatic carbocycles. The number of rotatable bonds is 4. The van der Waals surface area contributed by atoms with Gasteiger partial charge in [0.15, 0.2) is 0 Å². The summed E-state index contributed by atoms with van der Waals surface area (Å²) in [4.78, 5) is 23.0. The van der Waals surface area contributed by atoms with Gasteiger partial charge in [-0.05, 0) is 49.6 Å². The number of carbonyl (C=O) groups excluding carboxylic acids is 1. The molecule has 1 aliphatic rings. The van der Waals surface area contributed by atoms with Crippen LogP contribution in [0.5, 0.6) is 0 Å². The number of nitro groups is 1. The minimum absolute atomic E-state index is 0.104. The smallest absolute Gasteiger partial charge is 0.292 e. The molecule has 1 saturated heterocycles. The van der Waals surface area contributed by atoms with Crippen molar-refractivity contribution < 1.29 is 18.1 Å². The Bertz CT molecular complexity index is 1000. The second-order valence-electron chi connectivity index (χ2n) is 6.32. The van der Waals surface area contributed by atoms with Crippen LogP contribution in [-0.4, -0.2) is 31.5 Å². The number of sulfonamides is 1. The molecule has 1 N–H and O–H groups in total. The van der Waals surface area contributed by atoms with Crippen molar-refractivity contribution in [1.82, 2.24) is 0 Å². The molecule has 0 spiro atoms. The van der Waals surface area contributed by atoms with Crippen molar-refractivity contribution in [1.29, 1.82) is 0 Å². The van der Waals surface area contributed by atoms with Crippen LogP contribution in [0, 0.1) is 17.0 Å². The normalized spacial score (nSPS) is 16.0. The zero-order valence-corrected chi connectivity index (χ0v) is 15.5. The number of amides is 1. The fourth-order valence-electron chi connectivity index (χ4n) is 3.07. The van der Waals surface area contributed by atoms with Crippen LogP contribution < -0.4 is 9.62 Å². The molecule has 1 fully saturated rings. The molecular formula is C18H19N3O5S. The van der Waals surface area contributed by atoms with Crippen LogP contribution in [0.15, 0.2) is 42.5 Å². The SMILES string of the molecule is Cc1cc(C(=O)Nc2ccccc2[N+](=O)[O-])ccc1N1CCCCS1(=O)=O. The number of nitrogens with one attached hydrogen (secondary N) is 1. The summed E-state index contributed by atoms with van der Waals surface area (Å²) >= 11 is 0. The number of carbonyl (C=O) groups is 1. The van der Waals surface area contributed by atoms with Crippen LogP contribution in [0.2, 0.25) is 0 Å². The highest BCUT2D eigenvalue weighted by atomic mass is 32.2. The lowest BCUT2D eigenvalue weighted by Gasteiger charge is -2.29. The molecule has 0 unspecified atom stereocenters. The van der Waals surface area contributed by atoms with E-state index in [9.17, 15) is 23.3 Å². The van der Waals surface area contributed by atoms with Gasteiger partial charge in [-0.1, -0.05) is 12.1 Å². The molecule has 142 valence electrons. The van der Waals surface area contributed by atoms with Gasteiger partial charge in [0.2, 0.25) is 10.0 Å². The number of para-hydroxylation sites is 2. The monoisotopic (exact) mass is 389 g/mol. The number of nitro benzene ring substituents is 1. The first-order chi connectivity index (χ1) is 12.8. The van der Waals surface area contributed by atoms with Crippen molar-refractivity contribution in [3.05, 3.63) is 63.7 Å². The predicted octanol–water partition coefficient (Wildman–Crippen LogP) is 3.09. The van der Waals surface area contributed by atoms with Crippen LogP contribution in [-0.2, 0) is 10.0 Å². The molecule has 27 heavy (non-hydrogen) atoms.